The van der Waals surface area contributed by atoms with Crippen molar-refractivity contribution in [2.24, 2.45) is 0 Å². The number of rotatable bonds is 47. The number of esters is 1. The van der Waals surface area contributed by atoms with Crippen LogP contribution in [0.3, 0.4) is 0 Å². The van der Waals surface area contributed by atoms with Crippen LogP contribution in [0.4, 0.5) is 0 Å². The quantitative estimate of drug-likeness (QED) is 0.0237. The molecule has 0 aromatic rings. The van der Waals surface area contributed by atoms with Crippen molar-refractivity contribution in [2.45, 2.75) is 244 Å². The van der Waals surface area contributed by atoms with Crippen molar-refractivity contribution in [1.82, 2.24) is 0 Å². The third-order valence-electron chi connectivity index (χ3n) is 10.6. The highest BCUT2D eigenvalue weighted by molar-refractivity contribution is 7.47. The molecule has 344 valence electrons. The first kappa shape index (κ1) is 56.9. The standard InChI is InChI=1S/C48H93O9P/c1-3-5-7-9-11-13-15-17-19-20-21-22-23-24-25-27-29-31-33-35-37-39-41-54-44-47(45-56-58(52,53)55-43-46(50)42-49)57-48(51)40-38-36-34-32-30-28-26-18-16-14-12-10-8-6-4-2/h12,14,18,26,46-47,49-50H,3-11,13,15-17,19-25,27-45H2,1-2H3,(H,52,53)/b14-12-,26-18-. The maximum atomic E-state index is 12.6. The van der Waals surface area contributed by atoms with Crippen LogP contribution in [-0.4, -0.2) is 66.3 Å². The Kier molecular flexibility index (Phi) is 44.6. The highest BCUT2D eigenvalue weighted by Gasteiger charge is 2.26. The fourth-order valence-electron chi connectivity index (χ4n) is 6.92. The molecule has 0 bridgehead atoms. The third kappa shape index (κ3) is 44.5. The molecule has 0 fully saturated rings. The Labute approximate surface area is 357 Å². The molecule has 0 amide bonds. The van der Waals surface area contributed by atoms with Gasteiger partial charge in [-0.1, -0.05) is 205 Å². The minimum absolute atomic E-state index is 0.0480. The molecule has 0 aliphatic rings. The molecule has 58 heavy (non-hydrogen) atoms. The van der Waals surface area contributed by atoms with E-state index < -0.39 is 39.2 Å². The number of hydrogen-bond donors (Lipinski definition) is 3. The van der Waals surface area contributed by atoms with Crippen molar-refractivity contribution in [3.8, 4) is 0 Å². The first-order chi connectivity index (χ1) is 28.3. The molecule has 0 radical (unpaired) electrons. The first-order valence-electron chi connectivity index (χ1n) is 24.3. The lowest BCUT2D eigenvalue weighted by atomic mass is 10.0. The Balaban J connectivity index is 4.05. The van der Waals surface area contributed by atoms with E-state index in [1.54, 1.807) is 0 Å². The van der Waals surface area contributed by atoms with Gasteiger partial charge in [-0.2, -0.15) is 0 Å². The maximum Gasteiger partial charge on any atom is 0.472 e. The van der Waals surface area contributed by atoms with Gasteiger partial charge in [0.15, 0.2) is 0 Å². The van der Waals surface area contributed by atoms with Gasteiger partial charge in [0.2, 0.25) is 0 Å². The van der Waals surface area contributed by atoms with Crippen LogP contribution in [0.1, 0.15) is 232 Å². The fraction of sp³-hybridized carbons (Fsp3) is 0.896. The number of ether oxygens (including phenoxy) is 2. The summed E-state index contributed by atoms with van der Waals surface area (Å²) in [7, 11) is -4.52. The summed E-state index contributed by atoms with van der Waals surface area (Å²) in [6, 6.07) is 0. The summed E-state index contributed by atoms with van der Waals surface area (Å²) in [5.74, 6) is -0.392. The molecular formula is C48H93O9P. The highest BCUT2D eigenvalue weighted by atomic mass is 31.2. The van der Waals surface area contributed by atoms with E-state index in [0.29, 0.717) is 13.0 Å². The number of hydrogen-bond acceptors (Lipinski definition) is 8. The predicted molar refractivity (Wildman–Crippen MR) is 242 cm³/mol. The van der Waals surface area contributed by atoms with Crippen LogP contribution < -0.4 is 0 Å². The van der Waals surface area contributed by atoms with Crippen LogP contribution in [0.2, 0.25) is 0 Å². The van der Waals surface area contributed by atoms with Crippen LogP contribution in [0.25, 0.3) is 0 Å². The second-order valence-electron chi connectivity index (χ2n) is 16.5. The molecular weight excluding hydrogens is 751 g/mol. The van der Waals surface area contributed by atoms with E-state index in [1.807, 2.05) is 0 Å². The largest absolute Gasteiger partial charge is 0.472 e. The Morgan fingerprint density at radius 2 is 0.931 bits per heavy atom. The first-order valence-corrected chi connectivity index (χ1v) is 25.8. The zero-order valence-electron chi connectivity index (χ0n) is 37.8. The van der Waals surface area contributed by atoms with Crippen LogP contribution in [0.15, 0.2) is 24.3 Å². The molecule has 0 heterocycles. The summed E-state index contributed by atoms with van der Waals surface area (Å²) in [5.41, 5.74) is 0. The number of carbonyl (C=O) groups is 1. The molecule has 3 N–H and O–H groups in total. The normalized spacial score (nSPS) is 14.1. The fourth-order valence-corrected chi connectivity index (χ4v) is 7.71. The van der Waals surface area contributed by atoms with Crippen molar-refractivity contribution < 1.29 is 43.0 Å². The molecule has 0 rings (SSSR count). The molecule has 0 aromatic carbocycles. The minimum Gasteiger partial charge on any atom is -0.457 e. The highest BCUT2D eigenvalue weighted by Crippen LogP contribution is 2.43. The summed E-state index contributed by atoms with van der Waals surface area (Å²) >= 11 is 0. The number of unbranched alkanes of at least 4 members (excludes halogenated alkanes) is 29. The Morgan fingerprint density at radius 1 is 0.534 bits per heavy atom. The average Bonchev–Trinajstić information content (AvgIpc) is 3.21. The van der Waals surface area contributed by atoms with E-state index in [-0.39, 0.29) is 19.6 Å². The minimum atomic E-state index is -4.52. The number of phosphoric ester groups is 1. The van der Waals surface area contributed by atoms with Crippen LogP contribution in [0, 0.1) is 0 Å². The van der Waals surface area contributed by atoms with Gasteiger partial charge in [-0.05, 0) is 44.9 Å². The van der Waals surface area contributed by atoms with Crippen LogP contribution in [-0.2, 0) is 27.9 Å². The van der Waals surface area contributed by atoms with E-state index in [2.05, 4.69) is 38.2 Å². The average molecular weight is 845 g/mol. The van der Waals surface area contributed by atoms with Gasteiger partial charge in [0.1, 0.15) is 12.2 Å². The summed E-state index contributed by atoms with van der Waals surface area (Å²) in [4.78, 5) is 22.6. The third-order valence-corrected chi connectivity index (χ3v) is 11.6. The number of carbonyl (C=O) groups excluding carboxylic acids is 1. The van der Waals surface area contributed by atoms with E-state index in [4.69, 9.17) is 23.6 Å². The lowest BCUT2D eigenvalue weighted by molar-refractivity contribution is -0.154. The Hall–Kier alpha value is -1.06. The second-order valence-corrected chi connectivity index (χ2v) is 17.9. The zero-order valence-corrected chi connectivity index (χ0v) is 38.7. The smallest absolute Gasteiger partial charge is 0.457 e. The van der Waals surface area contributed by atoms with Gasteiger partial charge in [0.25, 0.3) is 0 Å². The van der Waals surface area contributed by atoms with Gasteiger partial charge in [-0.15, -0.1) is 0 Å². The molecule has 0 spiro atoms. The van der Waals surface area contributed by atoms with E-state index in [9.17, 15) is 19.4 Å². The molecule has 3 unspecified atom stereocenters. The van der Waals surface area contributed by atoms with Gasteiger partial charge in [0, 0.05) is 13.0 Å². The molecule has 0 saturated carbocycles. The van der Waals surface area contributed by atoms with E-state index >= 15 is 0 Å². The van der Waals surface area contributed by atoms with Gasteiger partial charge >= 0.3 is 13.8 Å². The molecule has 0 aromatic heterocycles. The summed E-state index contributed by atoms with van der Waals surface area (Å²) in [6.45, 7) is 3.52. The van der Waals surface area contributed by atoms with E-state index in [0.717, 1.165) is 51.4 Å². The van der Waals surface area contributed by atoms with Gasteiger partial charge in [-0.25, -0.2) is 4.57 Å². The predicted octanol–water partition coefficient (Wildman–Crippen LogP) is 13.8. The van der Waals surface area contributed by atoms with Gasteiger partial charge in [0.05, 0.1) is 26.4 Å². The molecule has 0 saturated heterocycles. The number of allylic oxidation sites excluding steroid dienone is 4. The second kappa shape index (κ2) is 45.5. The van der Waals surface area contributed by atoms with Crippen molar-refractivity contribution in [3.63, 3.8) is 0 Å². The van der Waals surface area contributed by atoms with Crippen LogP contribution in [0.5, 0.6) is 0 Å². The Bertz CT molecular complexity index is 959. The van der Waals surface area contributed by atoms with Crippen molar-refractivity contribution in [2.75, 3.05) is 33.0 Å². The maximum absolute atomic E-state index is 12.6. The van der Waals surface area contributed by atoms with Crippen molar-refractivity contribution in [1.29, 1.82) is 0 Å². The lowest BCUT2D eigenvalue weighted by Crippen LogP contribution is -2.29. The molecule has 3 atom stereocenters. The molecule has 0 aliphatic heterocycles. The van der Waals surface area contributed by atoms with Crippen molar-refractivity contribution in [3.05, 3.63) is 24.3 Å². The molecule has 10 heteroatoms. The topological polar surface area (TPSA) is 132 Å². The summed E-state index contributed by atoms with van der Waals surface area (Å²) in [5, 5.41) is 18.4. The summed E-state index contributed by atoms with van der Waals surface area (Å²) in [6.07, 6.45) is 48.6. The molecule has 9 nitrogen and oxygen atoms in total. The zero-order chi connectivity index (χ0) is 42.5. The lowest BCUT2D eigenvalue weighted by Gasteiger charge is -2.20. The van der Waals surface area contributed by atoms with Gasteiger partial charge < -0.3 is 24.6 Å². The Morgan fingerprint density at radius 3 is 1.41 bits per heavy atom. The SMILES string of the molecule is CCCCC/C=C\C/C=C\CCCCCCCC(=O)OC(COCCCCCCCCCCCCCCCCCCCCCCCC)COP(=O)(O)OCC(O)CO. The number of aliphatic hydroxyl groups is 2. The number of phosphoric acid groups is 1. The number of aliphatic hydroxyl groups excluding tert-OH is 2. The van der Waals surface area contributed by atoms with E-state index in [1.165, 1.54) is 154 Å². The van der Waals surface area contributed by atoms with Crippen molar-refractivity contribution >= 4 is 13.8 Å². The van der Waals surface area contributed by atoms with Crippen LogP contribution >= 0.6 is 7.82 Å². The monoisotopic (exact) mass is 845 g/mol. The molecule has 0 aliphatic carbocycles. The summed E-state index contributed by atoms with van der Waals surface area (Å²) < 4.78 is 33.4. The van der Waals surface area contributed by atoms with Gasteiger partial charge in [-0.3, -0.25) is 13.8 Å².